The highest BCUT2D eigenvalue weighted by atomic mass is 35.5. The van der Waals surface area contributed by atoms with Crippen LogP contribution in [-0.4, -0.2) is 29.7 Å². The number of aryl methyl sites for hydroxylation is 1. The Morgan fingerprint density at radius 1 is 1.18 bits per heavy atom. The Kier molecular flexibility index (Phi) is 6.90. The number of thiophene rings is 1. The number of halogens is 1. The van der Waals surface area contributed by atoms with E-state index in [9.17, 15) is 9.59 Å². The van der Waals surface area contributed by atoms with Crippen LogP contribution in [-0.2, 0) is 4.79 Å². The van der Waals surface area contributed by atoms with Gasteiger partial charge < -0.3 is 14.8 Å². The summed E-state index contributed by atoms with van der Waals surface area (Å²) in [5.74, 6) is 0.714. The lowest BCUT2D eigenvalue weighted by Gasteiger charge is -2.19. The SMILES string of the molecule is CCC(C(=O)Nc1cc(OC)ccc1OC)n1cnc2sc(C)c(-c3ccc(Cl)cc3)c2c1=O. The largest absolute Gasteiger partial charge is 0.497 e. The van der Waals surface area contributed by atoms with Gasteiger partial charge in [-0.3, -0.25) is 14.2 Å². The first-order valence-electron chi connectivity index (χ1n) is 10.7. The predicted octanol–water partition coefficient (Wildman–Crippen LogP) is 5.69. The molecule has 0 bridgehead atoms. The summed E-state index contributed by atoms with van der Waals surface area (Å²) in [6, 6.07) is 11.7. The summed E-state index contributed by atoms with van der Waals surface area (Å²) in [5.41, 5.74) is 1.89. The zero-order valence-electron chi connectivity index (χ0n) is 19.2. The number of fused-ring (bicyclic) bond motifs is 1. The topological polar surface area (TPSA) is 82.4 Å². The molecule has 0 radical (unpaired) electrons. The second-order valence-corrected chi connectivity index (χ2v) is 9.30. The number of nitrogens with one attached hydrogen (secondary N) is 1. The number of hydrogen-bond acceptors (Lipinski definition) is 6. The van der Waals surface area contributed by atoms with E-state index in [-0.39, 0.29) is 11.5 Å². The van der Waals surface area contributed by atoms with Crippen LogP contribution in [0.5, 0.6) is 11.5 Å². The molecule has 0 spiro atoms. The average Bonchev–Trinajstić information content (AvgIpc) is 3.18. The third-order valence-corrected chi connectivity index (χ3v) is 6.90. The first kappa shape index (κ1) is 23.8. The Labute approximate surface area is 205 Å². The van der Waals surface area contributed by atoms with E-state index in [1.54, 1.807) is 37.4 Å². The van der Waals surface area contributed by atoms with E-state index in [2.05, 4.69) is 10.3 Å². The zero-order chi connectivity index (χ0) is 24.4. The van der Waals surface area contributed by atoms with Crippen LogP contribution in [0.3, 0.4) is 0 Å². The van der Waals surface area contributed by atoms with Gasteiger partial charge in [0, 0.05) is 21.5 Å². The summed E-state index contributed by atoms with van der Waals surface area (Å²) < 4.78 is 12.0. The lowest BCUT2D eigenvalue weighted by molar-refractivity contribution is -0.119. The highest BCUT2D eigenvalue weighted by Gasteiger charge is 2.24. The number of carbonyl (C=O) groups excluding carboxylic acids is 1. The lowest BCUT2D eigenvalue weighted by Crippen LogP contribution is -2.33. The molecule has 1 N–H and O–H groups in total. The fraction of sp³-hybridized carbons (Fsp3) is 0.240. The molecular formula is C25H24ClN3O4S. The van der Waals surface area contributed by atoms with Gasteiger partial charge >= 0.3 is 0 Å². The van der Waals surface area contributed by atoms with Gasteiger partial charge in [0.1, 0.15) is 22.4 Å². The number of anilines is 1. The fourth-order valence-electron chi connectivity index (χ4n) is 3.94. The normalized spacial score (nSPS) is 11.9. The van der Waals surface area contributed by atoms with Crippen molar-refractivity contribution in [1.82, 2.24) is 9.55 Å². The number of rotatable bonds is 7. The molecule has 176 valence electrons. The Bertz CT molecular complexity index is 1410. The van der Waals surface area contributed by atoms with Crippen LogP contribution in [0.4, 0.5) is 5.69 Å². The van der Waals surface area contributed by atoms with Gasteiger partial charge in [-0.2, -0.15) is 0 Å². The summed E-state index contributed by atoms with van der Waals surface area (Å²) in [5, 5.41) is 3.99. The molecule has 0 saturated heterocycles. The van der Waals surface area contributed by atoms with Crippen molar-refractivity contribution in [1.29, 1.82) is 0 Å². The molecule has 1 atom stereocenters. The van der Waals surface area contributed by atoms with Gasteiger partial charge in [0.15, 0.2) is 0 Å². The number of benzene rings is 2. The lowest BCUT2D eigenvalue weighted by atomic mass is 10.0. The van der Waals surface area contributed by atoms with Gasteiger partial charge in [-0.1, -0.05) is 30.7 Å². The van der Waals surface area contributed by atoms with E-state index >= 15 is 0 Å². The van der Waals surface area contributed by atoms with Crippen molar-refractivity contribution in [2.24, 2.45) is 0 Å². The third kappa shape index (κ3) is 4.38. The highest BCUT2D eigenvalue weighted by Crippen LogP contribution is 2.36. The smallest absolute Gasteiger partial charge is 0.263 e. The summed E-state index contributed by atoms with van der Waals surface area (Å²) in [6.07, 6.45) is 1.84. The van der Waals surface area contributed by atoms with Crippen LogP contribution in [0.25, 0.3) is 21.3 Å². The van der Waals surface area contributed by atoms with Crippen molar-refractivity contribution in [3.05, 3.63) is 69.0 Å². The monoisotopic (exact) mass is 497 g/mol. The maximum Gasteiger partial charge on any atom is 0.263 e. The molecule has 0 saturated carbocycles. The van der Waals surface area contributed by atoms with Crippen LogP contribution in [0.15, 0.2) is 53.6 Å². The van der Waals surface area contributed by atoms with Crippen LogP contribution in [0.1, 0.15) is 24.3 Å². The number of nitrogens with zero attached hydrogens (tertiary/aromatic N) is 2. The fourth-order valence-corrected chi connectivity index (χ4v) is 5.07. The molecule has 34 heavy (non-hydrogen) atoms. The first-order valence-corrected chi connectivity index (χ1v) is 11.9. The first-order chi connectivity index (χ1) is 16.4. The molecule has 0 aliphatic carbocycles. The summed E-state index contributed by atoms with van der Waals surface area (Å²) in [6.45, 7) is 3.81. The Morgan fingerprint density at radius 3 is 2.56 bits per heavy atom. The molecule has 2 aromatic heterocycles. The highest BCUT2D eigenvalue weighted by molar-refractivity contribution is 7.19. The molecular weight excluding hydrogens is 474 g/mol. The molecule has 7 nitrogen and oxygen atoms in total. The quantitative estimate of drug-likeness (QED) is 0.354. The Morgan fingerprint density at radius 2 is 1.91 bits per heavy atom. The van der Waals surface area contributed by atoms with Crippen molar-refractivity contribution in [2.45, 2.75) is 26.3 Å². The number of amides is 1. The molecule has 1 unspecified atom stereocenters. The number of methoxy groups -OCH3 is 2. The van der Waals surface area contributed by atoms with E-state index in [1.165, 1.54) is 29.3 Å². The summed E-state index contributed by atoms with van der Waals surface area (Å²) in [7, 11) is 3.07. The second kappa shape index (κ2) is 9.87. The number of carbonyl (C=O) groups is 1. The molecule has 0 aliphatic heterocycles. The third-order valence-electron chi connectivity index (χ3n) is 5.64. The van der Waals surface area contributed by atoms with Gasteiger partial charge in [0.25, 0.3) is 5.56 Å². The Hall–Kier alpha value is -3.36. The van der Waals surface area contributed by atoms with E-state index in [0.29, 0.717) is 38.8 Å². The molecule has 0 fully saturated rings. The second-order valence-electron chi connectivity index (χ2n) is 7.66. The van der Waals surface area contributed by atoms with Crippen LogP contribution in [0.2, 0.25) is 5.02 Å². The minimum atomic E-state index is -0.765. The minimum absolute atomic E-state index is 0.265. The molecule has 4 aromatic rings. The van der Waals surface area contributed by atoms with Gasteiger partial charge in [-0.05, 0) is 43.2 Å². The minimum Gasteiger partial charge on any atom is -0.497 e. The summed E-state index contributed by atoms with van der Waals surface area (Å²) in [4.78, 5) is 33.1. The number of hydrogen-bond donors (Lipinski definition) is 1. The van der Waals surface area contributed by atoms with Crippen molar-refractivity contribution in [3.8, 4) is 22.6 Å². The predicted molar refractivity (Wildman–Crippen MR) is 137 cm³/mol. The van der Waals surface area contributed by atoms with E-state index in [4.69, 9.17) is 21.1 Å². The zero-order valence-corrected chi connectivity index (χ0v) is 20.8. The molecule has 2 aromatic carbocycles. The Balaban J connectivity index is 1.77. The standard InChI is InChI=1S/C25H24ClN3O4S/c1-5-19(23(30)28-18-12-17(32-3)10-11-20(18)33-4)29-13-27-24-22(25(29)31)21(14(2)34-24)15-6-8-16(26)9-7-15/h6-13,19H,5H2,1-4H3,(H,28,30). The van der Waals surface area contributed by atoms with Crippen molar-refractivity contribution >= 4 is 44.7 Å². The van der Waals surface area contributed by atoms with Gasteiger partial charge in [0.05, 0.1) is 31.6 Å². The van der Waals surface area contributed by atoms with E-state index in [0.717, 1.165) is 16.0 Å². The van der Waals surface area contributed by atoms with Crippen molar-refractivity contribution < 1.29 is 14.3 Å². The van der Waals surface area contributed by atoms with Crippen molar-refractivity contribution in [3.63, 3.8) is 0 Å². The molecule has 2 heterocycles. The molecule has 4 rings (SSSR count). The van der Waals surface area contributed by atoms with E-state index < -0.39 is 6.04 Å². The average molecular weight is 498 g/mol. The summed E-state index contributed by atoms with van der Waals surface area (Å²) >= 11 is 7.50. The number of aromatic nitrogens is 2. The maximum absolute atomic E-state index is 13.7. The number of ether oxygens (including phenoxy) is 2. The van der Waals surface area contributed by atoms with E-state index in [1.807, 2.05) is 26.0 Å². The maximum atomic E-state index is 13.7. The van der Waals surface area contributed by atoms with Crippen LogP contribution < -0.4 is 20.3 Å². The van der Waals surface area contributed by atoms with Crippen LogP contribution in [0, 0.1) is 6.92 Å². The van der Waals surface area contributed by atoms with Crippen molar-refractivity contribution in [2.75, 3.05) is 19.5 Å². The van der Waals surface area contributed by atoms with Gasteiger partial charge in [0.2, 0.25) is 5.91 Å². The van der Waals surface area contributed by atoms with Crippen LogP contribution >= 0.6 is 22.9 Å². The molecule has 1 amide bonds. The molecule has 9 heteroatoms. The van der Waals surface area contributed by atoms with Gasteiger partial charge in [-0.25, -0.2) is 4.98 Å². The van der Waals surface area contributed by atoms with Gasteiger partial charge in [-0.15, -0.1) is 11.3 Å². The molecule has 0 aliphatic rings.